The van der Waals surface area contributed by atoms with Crippen molar-refractivity contribution in [2.24, 2.45) is 0 Å². The highest BCUT2D eigenvalue weighted by atomic mass is 16.5. The minimum Gasteiger partial charge on any atom is -0.497 e. The zero-order chi connectivity index (χ0) is 21.3. The molecule has 164 valence electrons. The number of hydrogen-bond donors (Lipinski definition) is 1. The van der Waals surface area contributed by atoms with E-state index in [-0.39, 0.29) is 12.7 Å². The summed E-state index contributed by atoms with van der Waals surface area (Å²) in [5, 5.41) is 10.6. The molecule has 0 amide bonds. The fraction of sp³-hybridized carbons (Fsp3) is 0.500. The van der Waals surface area contributed by atoms with Crippen molar-refractivity contribution in [3.05, 3.63) is 54.1 Å². The lowest BCUT2D eigenvalue weighted by atomic mass is 10.1. The van der Waals surface area contributed by atoms with Crippen LogP contribution >= 0.6 is 0 Å². The number of anilines is 1. The lowest BCUT2D eigenvalue weighted by molar-refractivity contribution is 0.0313. The van der Waals surface area contributed by atoms with Crippen LogP contribution in [0.1, 0.15) is 18.4 Å². The van der Waals surface area contributed by atoms with Gasteiger partial charge in [0, 0.05) is 46.0 Å². The molecule has 0 bridgehead atoms. The van der Waals surface area contributed by atoms with Gasteiger partial charge >= 0.3 is 0 Å². The summed E-state index contributed by atoms with van der Waals surface area (Å²) in [6.45, 7) is 3.20. The molecule has 1 fully saturated rings. The Morgan fingerprint density at radius 3 is 2.37 bits per heavy atom. The quantitative estimate of drug-likeness (QED) is 0.610. The predicted molar refractivity (Wildman–Crippen MR) is 120 cm³/mol. The van der Waals surface area contributed by atoms with E-state index in [1.54, 1.807) is 7.11 Å². The summed E-state index contributed by atoms with van der Waals surface area (Å²) in [7, 11) is 5.71. The molecule has 0 spiro atoms. The first-order valence-corrected chi connectivity index (χ1v) is 10.6. The van der Waals surface area contributed by atoms with E-state index in [9.17, 15) is 5.11 Å². The zero-order valence-corrected chi connectivity index (χ0v) is 18.3. The number of benzene rings is 2. The van der Waals surface area contributed by atoms with E-state index in [1.165, 1.54) is 11.3 Å². The molecule has 30 heavy (non-hydrogen) atoms. The van der Waals surface area contributed by atoms with Crippen molar-refractivity contribution in [2.45, 2.75) is 31.6 Å². The first-order chi connectivity index (χ1) is 14.5. The average molecular weight is 415 g/mol. The Balaban J connectivity index is 1.56. The van der Waals surface area contributed by atoms with Crippen LogP contribution in [0.25, 0.3) is 0 Å². The summed E-state index contributed by atoms with van der Waals surface area (Å²) >= 11 is 0. The van der Waals surface area contributed by atoms with Gasteiger partial charge in [0.1, 0.15) is 24.2 Å². The van der Waals surface area contributed by atoms with Gasteiger partial charge in [-0.05, 0) is 54.8 Å². The Morgan fingerprint density at radius 1 is 1.07 bits per heavy atom. The minimum absolute atomic E-state index is 0.237. The third-order valence-electron chi connectivity index (χ3n) is 5.32. The molecule has 2 aromatic rings. The molecule has 0 aromatic heterocycles. The number of aliphatic hydroxyl groups excluding tert-OH is 1. The Labute approximate surface area is 180 Å². The van der Waals surface area contributed by atoms with E-state index < -0.39 is 6.10 Å². The van der Waals surface area contributed by atoms with Crippen molar-refractivity contribution in [3.63, 3.8) is 0 Å². The number of nitrogens with zero attached hydrogens (tertiary/aromatic N) is 2. The van der Waals surface area contributed by atoms with Crippen molar-refractivity contribution in [2.75, 3.05) is 52.4 Å². The minimum atomic E-state index is -0.588. The lowest BCUT2D eigenvalue weighted by Crippen LogP contribution is -2.39. The van der Waals surface area contributed by atoms with Crippen molar-refractivity contribution < 1.29 is 19.3 Å². The molecule has 1 aliphatic heterocycles. The summed E-state index contributed by atoms with van der Waals surface area (Å²) in [6.07, 6.45) is 1.84. The first kappa shape index (κ1) is 22.4. The molecule has 0 aliphatic carbocycles. The summed E-state index contributed by atoms with van der Waals surface area (Å²) < 4.78 is 16.8. The largest absolute Gasteiger partial charge is 0.497 e. The van der Waals surface area contributed by atoms with E-state index in [1.807, 2.05) is 38.4 Å². The van der Waals surface area contributed by atoms with Gasteiger partial charge in [0.2, 0.25) is 0 Å². The second-order valence-electron chi connectivity index (χ2n) is 8.03. The smallest absolute Gasteiger partial charge is 0.119 e. The van der Waals surface area contributed by atoms with Crippen LogP contribution in [0.15, 0.2) is 48.5 Å². The second-order valence-corrected chi connectivity index (χ2v) is 8.03. The molecule has 2 aromatic carbocycles. The second kappa shape index (κ2) is 11.2. The Kier molecular flexibility index (Phi) is 8.37. The molecule has 1 N–H and O–H groups in total. The van der Waals surface area contributed by atoms with Gasteiger partial charge in [-0.25, -0.2) is 0 Å². The Hall–Kier alpha value is -2.28. The number of rotatable bonds is 11. The van der Waals surface area contributed by atoms with Crippen molar-refractivity contribution >= 4 is 5.69 Å². The number of ether oxygens (including phenoxy) is 3. The van der Waals surface area contributed by atoms with Crippen LogP contribution in [0.3, 0.4) is 0 Å². The van der Waals surface area contributed by atoms with E-state index in [2.05, 4.69) is 34.1 Å². The Bertz CT molecular complexity index is 743. The topological polar surface area (TPSA) is 54.4 Å². The van der Waals surface area contributed by atoms with Gasteiger partial charge in [-0.3, -0.25) is 4.90 Å². The molecular weight excluding hydrogens is 380 g/mol. The molecule has 6 heteroatoms. The van der Waals surface area contributed by atoms with Crippen LogP contribution in [0.2, 0.25) is 0 Å². The van der Waals surface area contributed by atoms with Gasteiger partial charge in [-0.1, -0.05) is 12.1 Å². The maximum absolute atomic E-state index is 10.6. The van der Waals surface area contributed by atoms with Crippen molar-refractivity contribution in [1.29, 1.82) is 0 Å². The van der Waals surface area contributed by atoms with Crippen LogP contribution in [0, 0.1) is 0 Å². The maximum Gasteiger partial charge on any atom is 0.119 e. The van der Waals surface area contributed by atoms with E-state index in [0.717, 1.165) is 44.0 Å². The van der Waals surface area contributed by atoms with Gasteiger partial charge in [0.05, 0.1) is 13.2 Å². The van der Waals surface area contributed by atoms with Crippen LogP contribution in [-0.2, 0) is 11.3 Å². The van der Waals surface area contributed by atoms with Crippen molar-refractivity contribution in [3.8, 4) is 11.5 Å². The van der Waals surface area contributed by atoms with Crippen LogP contribution in [0.5, 0.6) is 11.5 Å². The lowest BCUT2D eigenvalue weighted by Gasteiger charge is -2.27. The zero-order valence-electron chi connectivity index (χ0n) is 18.3. The van der Waals surface area contributed by atoms with E-state index in [0.29, 0.717) is 6.54 Å². The van der Waals surface area contributed by atoms with Gasteiger partial charge in [0.15, 0.2) is 0 Å². The predicted octanol–water partition coefficient (Wildman–Crippen LogP) is 3.18. The molecule has 0 saturated carbocycles. The monoisotopic (exact) mass is 414 g/mol. The molecule has 6 nitrogen and oxygen atoms in total. The summed E-state index contributed by atoms with van der Waals surface area (Å²) in [5.74, 6) is 1.51. The van der Waals surface area contributed by atoms with Crippen LogP contribution in [0.4, 0.5) is 5.69 Å². The highest BCUT2D eigenvalue weighted by Crippen LogP contribution is 2.19. The molecule has 0 radical (unpaired) electrons. The summed E-state index contributed by atoms with van der Waals surface area (Å²) in [5.41, 5.74) is 2.40. The standard InChI is InChI=1S/C24H34N2O4/c1-25(2)20-8-6-19(7-9-20)15-26(17-24-5-4-14-29-24)16-21(27)18-30-23-12-10-22(28-3)11-13-23/h6-13,21,24,27H,4-5,14-18H2,1-3H3. The average Bonchev–Trinajstić information content (AvgIpc) is 3.26. The highest BCUT2D eigenvalue weighted by Gasteiger charge is 2.21. The SMILES string of the molecule is COc1ccc(OCC(O)CN(Cc2ccc(N(C)C)cc2)CC2CCCO2)cc1. The Morgan fingerprint density at radius 2 is 1.77 bits per heavy atom. The normalized spacial score (nSPS) is 17.2. The highest BCUT2D eigenvalue weighted by molar-refractivity contribution is 5.46. The van der Waals surface area contributed by atoms with Gasteiger partial charge < -0.3 is 24.2 Å². The maximum atomic E-state index is 10.6. The van der Waals surface area contributed by atoms with E-state index in [4.69, 9.17) is 14.2 Å². The van der Waals surface area contributed by atoms with Gasteiger partial charge in [-0.15, -0.1) is 0 Å². The molecule has 1 heterocycles. The third kappa shape index (κ3) is 6.90. The third-order valence-corrected chi connectivity index (χ3v) is 5.32. The fourth-order valence-electron chi connectivity index (χ4n) is 3.65. The summed E-state index contributed by atoms with van der Waals surface area (Å²) in [4.78, 5) is 4.36. The number of hydrogen-bond acceptors (Lipinski definition) is 6. The van der Waals surface area contributed by atoms with Crippen LogP contribution in [-0.4, -0.2) is 69.7 Å². The molecular formula is C24H34N2O4. The number of methoxy groups -OCH3 is 1. The first-order valence-electron chi connectivity index (χ1n) is 10.6. The molecule has 2 unspecified atom stereocenters. The number of aliphatic hydroxyl groups is 1. The van der Waals surface area contributed by atoms with Crippen molar-refractivity contribution in [1.82, 2.24) is 4.90 Å². The van der Waals surface area contributed by atoms with Gasteiger partial charge in [0.25, 0.3) is 0 Å². The molecule has 1 aliphatic rings. The summed E-state index contributed by atoms with van der Waals surface area (Å²) in [6, 6.07) is 16.0. The van der Waals surface area contributed by atoms with Gasteiger partial charge in [-0.2, -0.15) is 0 Å². The van der Waals surface area contributed by atoms with Crippen LogP contribution < -0.4 is 14.4 Å². The molecule has 1 saturated heterocycles. The van der Waals surface area contributed by atoms with E-state index >= 15 is 0 Å². The molecule has 2 atom stereocenters. The molecule has 3 rings (SSSR count). The fourth-order valence-corrected chi connectivity index (χ4v) is 3.65.